The molecule has 0 aromatic carbocycles. The maximum atomic E-state index is 11.7. The number of amides is 1. The van der Waals surface area contributed by atoms with E-state index in [2.05, 4.69) is 26.2 Å². The molecule has 0 saturated heterocycles. The summed E-state index contributed by atoms with van der Waals surface area (Å²) < 4.78 is 0. The number of nitrogens with zero attached hydrogens (tertiary/aromatic N) is 1. The van der Waals surface area contributed by atoms with Crippen molar-refractivity contribution < 1.29 is 4.79 Å². The Kier molecular flexibility index (Phi) is 5.32. The van der Waals surface area contributed by atoms with Crippen LogP contribution in [0.1, 0.15) is 30.1 Å². The molecule has 1 aromatic rings. The van der Waals surface area contributed by atoms with E-state index in [1.807, 2.05) is 6.92 Å². The first-order chi connectivity index (χ1) is 7.24. The molecule has 0 spiro atoms. The van der Waals surface area contributed by atoms with Gasteiger partial charge in [0, 0.05) is 29.3 Å². The Morgan fingerprint density at radius 3 is 2.80 bits per heavy atom. The molecule has 0 aliphatic carbocycles. The van der Waals surface area contributed by atoms with Crippen LogP contribution < -0.4 is 5.32 Å². The Morgan fingerprint density at radius 2 is 2.20 bits per heavy atom. The van der Waals surface area contributed by atoms with Crippen molar-refractivity contribution in [1.82, 2.24) is 10.3 Å². The summed E-state index contributed by atoms with van der Waals surface area (Å²) in [5.41, 5.74) is 0.663. The van der Waals surface area contributed by atoms with Gasteiger partial charge in [0.25, 0.3) is 5.91 Å². The summed E-state index contributed by atoms with van der Waals surface area (Å²) in [6.45, 7) is 2.02. The fourth-order valence-corrected chi connectivity index (χ4v) is 1.59. The zero-order valence-corrected chi connectivity index (χ0v) is 10.3. The lowest BCUT2D eigenvalue weighted by atomic mass is 10.2. The van der Waals surface area contributed by atoms with Gasteiger partial charge in [-0.2, -0.15) is 0 Å². The number of carbonyl (C=O) groups excluding carboxylic acids is 1. The summed E-state index contributed by atoms with van der Waals surface area (Å²) in [7, 11) is 0. The summed E-state index contributed by atoms with van der Waals surface area (Å²) in [5.74, 6) is -0.0283. The molecule has 1 aromatic heterocycles. The Bertz CT molecular complexity index is 303. The summed E-state index contributed by atoms with van der Waals surface area (Å²) >= 11 is 3.37. The molecular formula is C11H15BrN2O. The Labute approximate surface area is 98.4 Å². The quantitative estimate of drug-likeness (QED) is 0.835. The molecule has 0 radical (unpaired) electrons. The molecule has 0 bridgehead atoms. The minimum atomic E-state index is -0.0283. The summed E-state index contributed by atoms with van der Waals surface area (Å²) in [6, 6.07) is 3.64. The second-order valence-corrected chi connectivity index (χ2v) is 4.23. The first-order valence-electron chi connectivity index (χ1n) is 5.01. The van der Waals surface area contributed by atoms with Crippen molar-refractivity contribution in [2.45, 2.75) is 25.8 Å². The molecule has 15 heavy (non-hydrogen) atoms. The van der Waals surface area contributed by atoms with Crippen LogP contribution in [0.4, 0.5) is 0 Å². The van der Waals surface area contributed by atoms with Crippen LogP contribution in [0.25, 0.3) is 0 Å². The Balaban J connectivity index is 2.42. The Hall–Kier alpha value is -0.900. The molecule has 0 fully saturated rings. The maximum Gasteiger partial charge on any atom is 0.251 e. The molecule has 0 aliphatic rings. The smallest absolute Gasteiger partial charge is 0.251 e. The van der Waals surface area contributed by atoms with Crippen molar-refractivity contribution in [2.24, 2.45) is 0 Å². The molecule has 0 aliphatic heterocycles. The lowest BCUT2D eigenvalue weighted by Gasteiger charge is -2.12. The molecule has 1 amide bonds. The number of alkyl halides is 1. The molecule has 1 heterocycles. The van der Waals surface area contributed by atoms with Crippen molar-refractivity contribution in [1.29, 1.82) is 0 Å². The van der Waals surface area contributed by atoms with Crippen LogP contribution in [0, 0.1) is 0 Å². The van der Waals surface area contributed by atoms with Gasteiger partial charge in [-0.05, 0) is 31.9 Å². The molecule has 1 unspecified atom stereocenters. The van der Waals surface area contributed by atoms with Crippen LogP contribution in [-0.2, 0) is 0 Å². The zero-order valence-electron chi connectivity index (χ0n) is 8.74. The number of pyridine rings is 1. The van der Waals surface area contributed by atoms with Gasteiger partial charge in [0.15, 0.2) is 0 Å². The Morgan fingerprint density at radius 1 is 1.53 bits per heavy atom. The number of carbonyl (C=O) groups is 1. The van der Waals surface area contributed by atoms with Gasteiger partial charge in [-0.1, -0.05) is 15.9 Å². The highest BCUT2D eigenvalue weighted by Gasteiger charge is 2.08. The lowest BCUT2D eigenvalue weighted by Crippen LogP contribution is -2.32. The van der Waals surface area contributed by atoms with Crippen LogP contribution in [0.2, 0.25) is 0 Å². The average molecular weight is 271 g/mol. The van der Waals surface area contributed by atoms with Crippen molar-refractivity contribution in [2.75, 3.05) is 5.33 Å². The number of hydrogen-bond donors (Lipinski definition) is 1. The minimum Gasteiger partial charge on any atom is -0.350 e. The highest BCUT2D eigenvalue weighted by atomic mass is 79.9. The number of nitrogens with one attached hydrogen (secondary N) is 1. The summed E-state index contributed by atoms with van der Waals surface area (Å²) in [6.07, 6.45) is 5.30. The van der Waals surface area contributed by atoms with E-state index in [0.717, 1.165) is 18.2 Å². The van der Waals surface area contributed by atoms with Gasteiger partial charge in [-0.15, -0.1) is 0 Å². The van der Waals surface area contributed by atoms with Gasteiger partial charge in [-0.25, -0.2) is 0 Å². The molecule has 0 saturated carbocycles. The van der Waals surface area contributed by atoms with E-state index in [-0.39, 0.29) is 11.9 Å². The van der Waals surface area contributed by atoms with Crippen molar-refractivity contribution in [3.05, 3.63) is 30.1 Å². The molecule has 3 nitrogen and oxygen atoms in total. The third kappa shape index (κ3) is 4.42. The second kappa shape index (κ2) is 6.56. The van der Waals surface area contributed by atoms with Crippen LogP contribution in [0.3, 0.4) is 0 Å². The second-order valence-electron chi connectivity index (χ2n) is 3.44. The van der Waals surface area contributed by atoms with Gasteiger partial charge >= 0.3 is 0 Å². The summed E-state index contributed by atoms with van der Waals surface area (Å²) in [4.78, 5) is 15.5. The van der Waals surface area contributed by atoms with Crippen LogP contribution in [-0.4, -0.2) is 22.3 Å². The maximum absolute atomic E-state index is 11.7. The lowest BCUT2D eigenvalue weighted by molar-refractivity contribution is 0.0938. The van der Waals surface area contributed by atoms with Gasteiger partial charge in [0.2, 0.25) is 0 Å². The SMILES string of the molecule is CC(CCCBr)NC(=O)c1ccncc1. The number of rotatable bonds is 5. The van der Waals surface area contributed by atoms with Crippen molar-refractivity contribution in [3.63, 3.8) is 0 Å². The normalized spacial score (nSPS) is 12.1. The molecular weight excluding hydrogens is 256 g/mol. The molecule has 4 heteroatoms. The van der Waals surface area contributed by atoms with E-state index in [4.69, 9.17) is 0 Å². The molecule has 1 atom stereocenters. The van der Waals surface area contributed by atoms with E-state index in [0.29, 0.717) is 5.56 Å². The molecule has 1 N–H and O–H groups in total. The van der Waals surface area contributed by atoms with Crippen molar-refractivity contribution >= 4 is 21.8 Å². The monoisotopic (exact) mass is 270 g/mol. The first-order valence-corrected chi connectivity index (χ1v) is 6.13. The first kappa shape index (κ1) is 12.2. The minimum absolute atomic E-state index is 0.0283. The van der Waals surface area contributed by atoms with Crippen LogP contribution in [0.15, 0.2) is 24.5 Å². The average Bonchev–Trinajstić information content (AvgIpc) is 2.27. The molecule has 82 valence electrons. The van der Waals surface area contributed by atoms with Crippen molar-refractivity contribution in [3.8, 4) is 0 Å². The van der Waals surface area contributed by atoms with E-state index >= 15 is 0 Å². The largest absolute Gasteiger partial charge is 0.350 e. The fraction of sp³-hybridized carbons (Fsp3) is 0.455. The predicted octanol–water partition coefficient (Wildman–Crippen LogP) is 2.38. The number of aromatic nitrogens is 1. The van der Waals surface area contributed by atoms with Crippen LogP contribution >= 0.6 is 15.9 Å². The topological polar surface area (TPSA) is 42.0 Å². The van der Waals surface area contributed by atoms with Crippen LogP contribution in [0.5, 0.6) is 0 Å². The van der Waals surface area contributed by atoms with E-state index in [9.17, 15) is 4.79 Å². The third-order valence-electron chi connectivity index (χ3n) is 2.09. The van der Waals surface area contributed by atoms with Gasteiger partial charge < -0.3 is 5.32 Å². The number of hydrogen-bond acceptors (Lipinski definition) is 2. The standard InChI is InChI=1S/C11H15BrN2O/c1-9(3-2-6-12)14-11(15)10-4-7-13-8-5-10/h4-5,7-9H,2-3,6H2,1H3,(H,14,15). The highest BCUT2D eigenvalue weighted by Crippen LogP contribution is 2.02. The van der Waals surface area contributed by atoms with Gasteiger partial charge in [0.05, 0.1) is 0 Å². The van der Waals surface area contributed by atoms with Gasteiger partial charge in [0.1, 0.15) is 0 Å². The van der Waals surface area contributed by atoms with E-state index < -0.39 is 0 Å². The summed E-state index contributed by atoms with van der Waals surface area (Å²) in [5, 5.41) is 3.92. The van der Waals surface area contributed by atoms with E-state index in [1.165, 1.54) is 0 Å². The molecule has 1 rings (SSSR count). The third-order valence-corrected chi connectivity index (χ3v) is 2.65. The highest BCUT2D eigenvalue weighted by molar-refractivity contribution is 9.09. The van der Waals surface area contributed by atoms with Gasteiger partial charge in [-0.3, -0.25) is 9.78 Å². The zero-order chi connectivity index (χ0) is 11.1. The predicted molar refractivity (Wildman–Crippen MR) is 64.2 cm³/mol. The number of halogens is 1. The van der Waals surface area contributed by atoms with E-state index in [1.54, 1.807) is 24.5 Å². The fourth-order valence-electron chi connectivity index (χ4n) is 1.27.